The van der Waals surface area contributed by atoms with Gasteiger partial charge in [-0.25, -0.2) is 9.18 Å². The maximum Gasteiger partial charge on any atom is 0.343 e. The molecule has 7 heteroatoms. The lowest BCUT2D eigenvalue weighted by Gasteiger charge is -2.19. The number of halogens is 2. The van der Waals surface area contributed by atoms with E-state index < -0.39 is 17.6 Å². The molecule has 0 saturated heterocycles. The Labute approximate surface area is 175 Å². The second-order valence-electron chi connectivity index (χ2n) is 6.44. The van der Waals surface area contributed by atoms with Gasteiger partial charge in [0.2, 0.25) is 11.6 Å². The van der Waals surface area contributed by atoms with Crippen LogP contribution in [0.25, 0.3) is 0 Å². The van der Waals surface area contributed by atoms with Crippen molar-refractivity contribution < 1.29 is 23.5 Å². The van der Waals surface area contributed by atoms with Crippen LogP contribution in [0.3, 0.4) is 0 Å². The van der Waals surface area contributed by atoms with E-state index in [1.54, 1.807) is 36.4 Å². The number of hydrogen-bond donors (Lipinski definition) is 1. The molecule has 0 aromatic heterocycles. The molecule has 0 fully saturated rings. The van der Waals surface area contributed by atoms with Crippen LogP contribution in [0.5, 0.6) is 5.75 Å². The summed E-state index contributed by atoms with van der Waals surface area (Å²) in [6.45, 7) is 0. The van der Waals surface area contributed by atoms with Gasteiger partial charge in [-0.3, -0.25) is 9.59 Å². The third-order valence-corrected chi connectivity index (χ3v) is 4.84. The maximum absolute atomic E-state index is 13.0. The minimum atomic E-state index is -0.633. The first-order chi connectivity index (χ1) is 14.4. The molecule has 0 amide bonds. The van der Waals surface area contributed by atoms with Crippen molar-refractivity contribution in [1.82, 2.24) is 0 Å². The fourth-order valence-electron chi connectivity index (χ4n) is 2.96. The van der Waals surface area contributed by atoms with E-state index in [1.807, 2.05) is 0 Å². The Morgan fingerprint density at radius 3 is 2.07 bits per heavy atom. The second kappa shape index (κ2) is 7.93. The van der Waals surface area contributed by atoms with Crippen molar-refractivity contribution in [2.75, 3.05) is 5.32 Å². The average Bonchev–Trinajstić information content (AvgIpc) is 2.77. The smallest absolute Gasteiger partial charge is 0.343 e. The summed E-state index contributed by atoms with van der Waals surface area (Å²) in [6.07, 6.45) is 0. The number of fused-ring (bicyclic) bond motifs is 1. The summed E-state index contributed by atoms with van der Waals surface area (Å²) >= 11 is 6.14. The van der Waals surface area contributed by atoms with Gasteiger partial charge < -0.3 is 10.1 Å². The summed E-state index contributed by atoms with van der Waals surface area (Å²) in [5, 5.41) is 2.68. The standard InChI is InChI=1S/C23H13ClFNO4/c24-19-20(22(28)18-4-2-1-3-17(18)21(19)27)26-15-9-11-16(12-10-15)30-23(29)13-5-7-14(25)8-6-13/h1-12,26H. The molecule has 1 N–H and O–H groups in total. The number of allylic oxidation sites excluding steroid dienone is 2. The van der Waals surface area contributed by atoms with E-state index >= 15 is 0 Å². The Balaban J connectivity index is 1.50. The van der Waals surface area contributed by atoms with Gasteiger partial charge >= 0.3 is 5.97 Å². The van der Waals surface area contributed by atoms with Crippen LogP contribution in [0.1, 0.15) is 31.1 Å². The number of carbonyl (C=O) groups excluding carboxylic acids is 3. The number of esters is 1. The van der Waals surface area contributed by atoms with E-state index in [9.17, 15) is 18.8 Å². The van der Waals surface area contributed by atoms with E-state index in [0.29, 0.717) is 5.69 Å². The van der Waals surface area contributed by atoms with E-state index in [-0.39, 0.29) is 39.0 Å². The van der Waals surface area contributed by atoms with Crippen LogP contribution >= 0.6 is 11.6 Å². The summed E-state index contributed by atoms with van der Waals surface area (Å²) in [5.41, 5.74) is 1.21. The molecule has 0 atom stereocenters. The summed E-state index contributed by atoms with van der Waals surface area (Å²) in [7, 11) is 0. The predicted molar refractivity (Wildman–Crippen MR) is 109 cm³/mol. The molecule has 0 aliphatic heterocycles. The first-order valence-corrected chi connectivity index (χ1v) is 9.25. The van der Waals surface area contributed by atoms with Crippen LogP contribution in [0.15, 0.2) is 83.5 Å². The fraction of sp³-hybridized carbons (Fsp3) is 0. The van der Waals surface area contributed by atoms with Crippen molar-refractivity contribution in [1.29, 1.82) is 0 Å². The number of anilines is 1. The molecule has 0 radical (unpaired) electrons. The Morgan fingerprint density at radius 2 is 1.43 bits per heavy atom. The molecule has 148 valence electrons. The van der Waals surface area contributed by atoms with Crippen LogP contribution in [-0.2, 0) is 0 Å². The van der Waals surface area contributed by atoms with Crippen LogP contribution in [0.2, 0.25) is 0 Å². The van der Waals surface area contributed by atoms with E-state index in [2.05, 4.69) is 5.32 Å². The van der Waals surface area contributed by atoms with Crippen molar-refractivity contribution >= 4 is 34.8 Å². The van der Waals surface area contributed by atoms with Crippen LogP contribution in [0.4, 0.5) is 10.1 Å². The summed E-state index contributed by atoms with van der Waals surface area (Å²) in [5.74, 6) is -1.65. The monoisotopic (exact) mass is 421 g/mol. The molecule has 3 aromatic rings. The number of carbonyl (C=O) groups is 3. The van der Waals surface area contributed by atoms with Crippen molar-refractivity contribution in [3.05, 3.63) is 106 Å². The Kier molecular flexibility index (Phi) is 5.16. The van der Waals surface area contributed by atoms with Gasteiger partial charge in [0.25, 0.3) is 0 Å². The highest BCUT2D eigenvalue weighted by atomic mass is 35.5. The highest BCUT2D eigenvalue weighted by Gasteiger charge is 2.31. The Hall–Kier alpha value is -3.77. The zero-order valence-corrected chi connectivity index (χ0v) is 16.1. The Morgan fingerprint density at radius 1 is 0.833 bits per heavy atom. The zero-order valence-electron chi connectivity index (χ0n) is 15.3. The van der Waals surface area contributed by atoms with Crippen molar-refractivity contribution in [3.8, 4) is 5.75 Å². The number of nitrogens with one attached hydrogen (secondary N) is 1. The van der Waals surface area contributed by atoms with Crippen LogP contribution in [-0.4, -0.2) is 17.5 Å². The fourth-order valence-corrected chi connectivity index (χ4v) is 3.19. The number of ketones is 2. The first-order valence-electron chi connectivity index (χ1n) is 8.87. The molecule has 5 nitrogen and oxygen atoms in total. The number of benzene rings is 3. The van der Waals surface area contributed by atoms with E-state index in [1.165, 1.54) is 36.4 Å². The summed E-state index contributed by atoms with van der Waals surface area (Å²) in [6, 6.07) is 17.6. The molecule has 0 spiro atoms. The molecular formula is C23H13ClFNO4. The normalized spacial score (nSPS) is 13.1. The van der Waals surface area contributed by atoms with Gasteiger partial charge in [0.1, 0.15) is 22.3 Å². The summed E-state index contributed by atoms with van der Waals surface area (Å²) < 4.78 is 18.2. The molecular weight excluding hydrogens is 409 g/mol. The maximum atomic E-state index is 13.0. The van der Waals surface area contributed by atoms with Gasteiger partial charge in [-0.15, -0.1) is 0 Å². The van der Waals surface area contributed by atoms with Crippen molar-refractivity contribution in [2.24, 2.45) is 0 Å². The van der Waals surface area contributed by atoms with Gasteiger partial charge in [0.15, 0.2) is 0 Å². The van der Waals surface area contributed by atoms with Crippen molar-refractivity contribution in [2.45, 2.75) is 0 Å². The van der Waals surface area contributed by atoms with Crippen LogP contribution in [0, 0.1) is 5.82 Å². The number of ether oxygens (including phenoxy) is 1. The number of hydrogen-bond acceptors (Lipinski definition) is 5. The predicted octanol–water partition coefficient (Wildman–Crippen LogP) is 4.99. The third kappa shape index (κ3) is 3.73. The summed E-state index contributed by atoms with van der Waals surface area (Å²) in [4.78, 5) is 37.2. The molecule has 0 saturated carbocycles. The van der Waals surface area contributed by atoms with E-state index in [4.69, 9.17) is 16.3 Å². The molecule has 0 bridgehead atoms. The topological polar surface area (TPSA) is 72.5 Å². The van der Waals surface area contributed by atoms with Crippen LogP contribution < -0.4 is 10.1 Å². The first kappa shape index (κ1) is 19.5. The molecule has 1 aliphatic carbocycles. The van der Waals surface area contributed by atoms with Gasteiger partial charge in [0.05, 0.1) is 5.56 Å². The van der Waals surface area contributed by atoms with Gasteiger partial charge in [0, 0.05) is 16.8 Å². The lowest BCUT2D eigenvalue weighted by atomic mass is 9.92. The zero-order chi connectivity index (χ0) is 21.3. The van der Waals surface area contributed by atoms with Gasteiger partial charge in [-0.05, 0) is 48.5 Å². The van der Waals surface area contributed by atoms with E-state index in [0.717, 1.165) is 0 Å². The average molecular weight is 422 g/mol. The molecule has 4 rings (SSSR count). The SMILES string of the molecule is O=C(Oc1ccc(NC2=C(Cl)C(=O)c3ccccc3C2=O)cc1)c1ccc(F)cc1. The molecule has 0 heterocycles. The highest BCUT2D eigenvalue weighted by Crippen LogP contribution is 2.29. The minimum absolute atomic E-state index is 0.0172. The van der Waals surface area contributed by atoms with Gasteiger partial charge in [-0.2, -0.15) is 0 Å². The highest BCUT2D eigenvalue weighted by molar-refractivity contribution is 6.50. The lowest BCUT2D eigenvalue weighted by Crippen LogP contribution is -2.24. The molecule has 1 aliphatic rings. The van der Waals surface area contributed by atoms with Gasteiger partial charge in [-0.1, -0.05) is 35.9 Å². The Bertz CT molecular complexity index is 1200. The number of rotatable bonds is 4. The largest absolute Gasteiger partial charge is 0.423 e. The third-order valence-electron chi connectivity index (χ3n) is 4.48. The van der Waals surface area contributed by atoms with Crippen molar-refractivity contribution in [3.63, 3.8) is 0 Å². The quantitative estimate of drug-likeness (QED) is 0.475. The minimum Gasteiger partial charge on any atom is -0.423 e. The number of Topliss-reactive ketones (excluding diaryl/α,β-unsaturated/α-hetero) is 2. The molecule has 0 unspecified atom stereocenters. The second-order valence-corrected chi connectivity index (χ2v) is 6.82. The molecule has 30 heavy (non-hydrogen) atoms. The molecule has 3 aromatic carbocycles. The lowest BCUT2D eigenvalue weighted by molar-refractivity contribution is 0.0734.